The highest BCUT2D eigenvalue weighted by Crippen LogP contribution is 2.57. The first-order valence-corrected chi connectivity index (χ1v) is 12.3. The maximum absolute atomic E-state index is 2.51. The predicted molar refractivity (Wildman–Crippen MR) is 87.9 cm³/mol. The van der Waals surface area contributed by atoms with Gasteiger partial charge in [-0.3, -0.25) is 0 Å². The molecule has 0 aliphatic carbocycles. The van der Waals surface area contributed by atoms with Crippen molar-refractivity contribution in [3.8, 4) is 0 Å². The van der Waals surface area contributed by atoms with Crippen LogP contribution in [0.1, 0.15) is 6.42 Å². The van der Waals surface area contributed by atoms with Gasteiger partial charge in [-0.2, -0.15) is 0 Å². The van der Waals surface area contributed by atoms with E-state index in [4.69, 9.17) is 0 Å². The van der Waals surface area contributed by atoms with Gasteiger partial charge >= 0.3 is 0 Å². The van der Waals surface area contributed by atoms with Gasteiger partial charge in [-0.25, -0.2) is 0 Å². The molecular weight excluding hydrogens is 280 g/mol. The monoisotopic (exact) mass is 300 g/mol. The highest BCUT2D eigenvalue weighted by molar-refractivity contribution is 8.37. The van der Waals surface area contributed by atoms with Gasteiger partial charge in [-0.15, -0.1) is 35.3 Å². The molecule has 0 unspecified atom stereocenters. The number of rotatable bonds is 3. The summed E-state index contributed by atoms with van der Waals surface area (Å²) in [6.07, 6.45) is 1.37. The van der Waals surface area contributed by atoms with Crippen LogP contribution in [0.15, 0.2) is 35.2 Å². The Morgan fingerprint density at radius 2 is 1.65 bits per heavy atom. The first kappa shape index (κ1) is 13.9. The number of thioether (sulfide) groups is 3. The maximum Gasteiger partial charge on any atom is 0.0994 e. The van der Waals surface area contributed by atoms with E-state index in [9.17, 15) is 0 Å². The molecule has 0 nitrogen and oxygen atoms in total. The van der Waals surface area contributed by atoms with E-state index in [1.165, 1.54) is 22.8 Å². The summed E-state index contributed by atoms with van der Waals surface area (Å²) in [6, 6.07) is 10.9. The quantitative estimate of drug-likeness (QED) is 0.706. The molecule has 1 aliphatic rings. The topological polar surface area (TPSA) is 0 Å². The predicted octanol–water partition coefficient (Wildman–Crippen LogP) is 5.18. The van der Waals surface area contributed by atoms with Crippen molar-refractivity contribution >= 4 is 43.4 Å². The summed E-state index contributed by atoms with van der Waals surface area (Å²) in [7, 11) is -1.20. The molecule has 0 atom stereocenters. The lowest BCUT2D eigenvalue weighted by Crippen LogP contribution is -2.46. The summed E-state index contributed by atoms with van der Waals surface area (Å²) in [5.74, 6) is 2.66. The van der Waals surface area contributed by atoms with Crippen molar-refractivity contribution in [1.29, 1.82) is 0 Å². The third-order valence-electron chi connectivity index (χ3n) is 2.79. The SMILES string of the molecule is C[Si](C)(C)C1(Sc2ccccc2)SCCCS1. The highest BCUT2D eigenvalue weighted by atomic mass is 32.3. The smallest absolute Gasteiger partial charge is 0.0994 e. The molecule has 0 spiro atoms. The van der Waals surface area contributed by atoms with E-state index in [0.717, 1.165) is 0 Å². The lowest BCUT2D eigenvalue weighted by Gasteiger charge is -2.44. The van der Waals surface area contributed by atoms with E-state index in [-0.39, 0.29) is 0 Å². The molecule has 0 saturated carbocycles. The van der Waals surface area contributed by atoms with E-state index in [1.54, 1.807) is 0 Å². The van der Waals surface area contributed by atoms with Crippen LogP contribution >= 0.6 is 35.3 Å². The minimum absolute atomic E-state index is 0.409. The molecule has 1 aromatic rings. The van der Waals surface area contributed by atoms with E-state index in [2.05, 4.69) is 85.3 Å². The summed E-state index contributed by atoms with van der Waals surface area (Å²) in [4.78, 5) is 1.43. The largest absolute Gasteiger partial charge is 0.137 e. The molecule has 1 aliphatic heterocycles. The molecular formula is C13H20S3Si. The minimum atomic E-state index is -1.20. The number of benzene rings is 1. The zero-order valence-corrected chi connectivity index (χ0v) is 14.2. The average Bonchev–Trinajstić information content (AvgIpc) is 2.30. The second kappa shape index (κ2) is 5.64. The van der Waals surface area contributed by atoms with Gasteiger partial charge in [0, 0.05) is 4.90 Å². The van der Waals surface area contributed by atoms with Crippen molar-refractivity contribution < 1.29 is 0 Å². The minimum Gasteiger partial charge on any atom is -0.137 e. The summed E-state index contributed by atoms with van der Waals surface area (Å²) < 4.78 is 0.409. The maximum atomic E-state index is 2.51. The second-order valence-electron chi connectivity index (χ2n) is 5.27. The first-order valence-electron chi connectivity index (χ1n) is 6.05. The Morgan fingerprint density at radius 1 is 1.06 bits per heavy atom. The van der Waals surface area contributed by atoms with Gasteiger partial charge in [-0.1, -0.05) is 37.8 Å². The fourth-order valence-corrected chi connectivity index (χ4v) is 11.7. The summed E-state index contributed by atoms with van der Waals surface area (Å²) in [5.41, 5.74) is 0. The van der Waals surface area contributed by atoms with Crippen molar-refractivity contribution in [1.82, 2.24) is 0 Å². The molecule has 1 heterocycles. The molecule has 17 heavy (non-hydrogen) atoms. The van der Waals surface area contributed by atoms with Gasteiger partial charge in [0.05, 0.1) is 11.1 Å². The molecule has 0 aromatic heterocycles. The molecule has 0 bridgehead atoms. The van der Waals surface area contributed by atoms with Gasteiger partial charge in [0.2, 0.25) is 0 Å². The molecule has 1 fully saturated rings. The molecule has 1 aromatic carbocycles. The fourth-order valence-electron chi connectivity index (χ4n) is 1.80. The molecule has 4 heteroatoms. The second-order valence-corrected chi connectivity index (χ2v) is 16.3. The molecule has 0 amide bonds. The Morgan fingerprint density at radius 3 is 2.18 bits per heavy atom. The zero-order valence-electron chi connectivity index (χ0n) is 10.7. The van der Waals surface area contributed by atoms with E-state index < -0.39 is 8.07 Å². The van der Waals surface area contributed by atoms with Crippen LogP contribution in [0.3, 0.4) is 0 Å². The van der Waals surface area contributed by atoms with Crippen molar-refractivity contribution in [2.45, 2.75) is 34.0 Å². The average molecular weight is 301 g/mol. The van der Waals surface area contributed by atoms with Crippen molar-refractivity contribution in [3.05, 3.63) is 30.3 Å². The van der Waals surface area contributed by atoms with Crippen molar-refractivity contribution in [2.24, 2.45) is 0 Å². The molecule has 0 radical (unpaired) electrons. The normalized spacial score (nSPS) is 20.2. The van der Waals surface area contributed by atoms with Gasteiger partial charge < -0.3 is 0 Å². The van der Waals surface area contributed by atoms with Crippen LogP contribution in [0.25, 0.3) is 0 Å². The van der Waals surface area contributed by atoms with E-state index in [0.29, 0.717) is 3.03 Å². The van der Waals surface area contributed by atoms with Crippen LogP contribution in [0.2, 0.25) is 19.6 Å². The van der Waals surface area contributed by atoms with Gasteiger partial charge in [-0.05, 0) is 30.1 Å². The van der Waals surface area contributed by atoms with Gasteiger partial charge in [0.15, 0.2) is 0 Å². The lowest BCUT2D eigenvalue weighted by atomic mass is 10.4. The Bertz CT molecular complexity index is 353. The van der Waals surface area contributed by atoms with Gasteiger partial charge in [0.25, 0.3) is 0 Å². The lowest BCUT2D eigenvalue weighted by molar-refractivity contribution is 1.11. The van der Waals surface area contributed by atoms with E-state index in [1.807, 2.05) is 0 Å². The molecule has 1 saturated heterocycles. The third kappa shape index (κ3) is 3.28. The van der Waals surface area contributed by atoms with Crippen LogP contribution < -0.4 is 0 Å². The Kier molecular flexibility index (Phi) is 4.61. The first-order chi connectivity index (χ1) is 8.04. The number of hydrogen-bond acceptors (Lipinski definition) is 3. The molecule has 0 N–H and O–H groups in total. The van der Waals surface area contributed by atoms with Crippen LogP contribution in [0.4, 0.5) is 0 Å². The number of hydrogen-bond donors (Lipinski definition) is 0. The van der Waals surface area contributed by atoms with Crippen molar-refractivity contribution in [3.63, 3.8) is 0 Å². The third-order valence-corrected chi connectivity index (χ3v) is 15.7. The van der Waals surface area contributed by atoms with Crippen LogP contribution in [0.5, 0.6) is 0 Å². The summed E-state index contributed by atoms with van der Waals surface area (Å²) in [5, 5.41) is 0. The van der Waals surface area contributed by atoms with Crippen LogP contribution in [-0.4, -0.2) is 22.6 Å². The Labute approximate surface area is 119 Å². The van der Waals surface area contributed by atoms with Crippen LogP contribution in [0, 0.1) is 0 Å². The summed E-state index contributed by atoms with van der Waals surface area (Å²) >= 11 is 6.51. The standard InChI is InChI=1S/C13H20S3Si/c1-17(2,3)13(14-10-7-11-15-13)16-12-8-5-4-6-9-12/h4-6,8-9H,7,10-11H2,1-3H3. The van der Waals surface area contributed by atoms with Crippen molar-refractivity contribution in [2.75, 3.05) is 11.5 Å². The van der Waals surface area contributed by atoms with E-state index >= 15 is 0 Å². The summed E-state index contributed by atoms with van der Waals surface area (Å²) in [6.45, 7) is 7.52. The van der Waals surface area contributed by atoms with Gasteiger partial charge in [0.1, 0.15) is 0 Å². The fraction of sp³-hybridized carbons (Fsp3) is 0.538. The Hall–Kier alpha value is 0.487. The van der Waals surface area contributed by atoms with Crippen LogP contribution in [-0.2, 0) is 0 Å². The highest BCUT2D eigenvalue weighted by Gasteiger charge is 2.46. The zero-order chi connectivity index (χ0) is 12.4. The Balaban J connectivity index is 2.22. The molecule has 94 valence electrons. The molecule has 2 rings (SSSR count).